The summed E-state index contributed by atoms with van der Waals surface area (Å²) in [4.78, 5) is 12.3. The fraction of sp³-hybridized carbons (Fsp3) is 0.692. The number of nitrogens with one attached hydrogen (secondary N) is 1. The van der Waals surface area contributed by atoms with Crippen LogP contribution in [0.1, 0.15) is 28.7 Å². The highest BCUT2D eigenvalue weighted by Gasteiger charge is 2.47. The molecule has 0 aliphatic carbocycles. The van der Waals surface area contributed by atoms with Crippen LogP contribution in [0.25, 0.3) is 0 Å². The van der Waals surface area contributed by atoms with Gasteiger partial charge < -0.3 is 24.4 Å². The largest absolute Gasteiger partial charge is 0.388 e. The van der Waals surface area contributed by atoms with Crippen LogP contribution in [0.5, 0.6) is 0 Å². The highest BCUT2D eigenvalue weighted by atomic mass is 16.6. The third kappa shape index (κ3) is 2.11. The lowest BCUT2D eigenvalue weighted by molar-refractivity contribution is 0.0178. The number of nitrogens with zero attached hydrogens (tertiary/aromatic N) is 1. The van der Waals surface area contributed by atoms with E-state index >= 15 is 0 Å². The predicted molar refractivity (Wildman–Crippen MR) is 67.4 cm³/mol. The van der Waals surface area contributed by atoms with Crippen LogP contribution in [0, 0.1) is 6.92 Å². The zero-order valence-corrected chi connectivity index (χ0v) is 11.5. The minimum absolute atomic E-state index is 0.236. The quantitative estimate of drug-likeness (QED) is 0.797. The van der Waals surface area contributed by atoms with Crippen molar-refractivity contribution in [3.63, 3.8) is 0 Å². The van der Waals surface area contributed by atoms with Gasteiger partial charge in [0.05, 0.1) is 24.9 Å². The number of aryl methyl sites for hydroxylation is 2. The van der Waals surface area contributed by atoms with E-state index in [0.717, 1.165) is 0 Å². The first-order chi connectivity index (χ1) is 9.61. The van der Waals surface area contributed by atoms with E-state index in [1.807, 2.05) is 6.92 Å². The van der Waals surface area contributed by atoms with Gasteiger partial charge in [-0.15, -0.1) is 0 Å². The highest BCUT2D eigenvalue weighted by Crippen LogP contribution is 2.27. The SMILES string of the molecule is CCc1noc(C)c1C(=O)N[C@H]1CO[C@H]2[C@@H]1OC[C@@H]2O. The van der Waals surface area contributed by atoms with Crippen molar-refractivity contribution in [1.29, 1.82) is 0 Å². The Kier molecular flexibility index (Phi) is 3.49. The molecule has 1 amide bonds. The standard InChI is InChI=1S/C13H18N2O5/c1-3-7-10(6(2)20-15-7)13(17)14-8-4-18-12-9(16)5-19-11(8)12/h8-9,11-12,16H,3-5H2,1-2H3,(H,14,17)/t8-,9-,11+,12+/m0/s1. The van der Waals surface area contributed by atoms with Crippen molar-refractivity contribution >= 4 is 5.91 Å². The lowest BCUT2D eigenvalue weighted by Crippen LogP contribution is -2.44. The Hall–Kier alpha value is -1.44. The third-order valence-electron chi connectivity index (χ3n) is 3.84. The van der Waals surface area contributed by atoms with E-state index in [2.05, 4.69) is 10.5 Å². The molecule has 0 spiro atoms. The van der Waals surface area contributed by atoms with Gasteiger partial charge in [-0.05, 0) is 13.3 Å². The van der Waals surface area contributed by atoms with Gasteiger partial charge in [0.2, 0.25) is 0 Å². The molecule has 2 aliphatic heterocycles. The highest BCUT2D eigenvalue weighted by molar-refractivity contribution is 5.96. The molecule has 0 unspecified atom stereocenters. The van der Waals surface area contributed by atoms with Crippen LogP contribution in [-0.4, -0.2) is 53.7 Å². The van der Waals surface area contributed by atoms with Crippen LogP contribution in [-0.2, 0) is 15.9 Å². The summed E-state index contributed by atoms with van der Waals surface area (Å²) in [5.41, 5.74) is 1.12. The van der Waals surface area contributed by atoms with E-state index in [4.69, 9.17) is 14.0 Å². The van der Waals surface area contributed by atoms with Crippen molar-refractivity contribution in [2.45, 2.75) is 44.6 Å². The number of fused-ring (bicyclic) bond motifs is 1. The molecule has 1 aromatic rings. The van der Waals surface area contributed by atoms with Gasteiger partial charge in [0, 0.05) is 0 Å². The molecule has 2 fully saturated rings. The van der Waals surface area contributed by atoms with E-state index in [9.17, 15) is 9.90 Å². The minimum atomic E-state index is -0.620. The molecule has 20 heavy (non-hydrogen) atoms. The van der Waals surface area contributed by atoms with Crippen molar-refractivity contribution in [2.75, 3.05) is 13.2 Å². The summed E-state index contributed by atoms with van der Waals surface area (Å²) in [5, 5.41) is 16.4. The number of carbonyl (C=O) groups excluding carboxylic acids is 1. The van der Waals surface area contributed by atoms with E-state index in [1.54, 1.807) is 6.92 Å². The number of rotatable bonds is 3. The maximum absolute atomic E-state index is 12.3. The van der Waals surface area contributed by atoms with E-state index in [1.165, 1.54) is 0 Å². The predicted octanol–water partition coefficient (Wildman–Crippen LogP) is -0.198. The maximum Gasteiger partial charge on any atom is 0.257 e. The van der Waals surface area contributed by atoms with Crippen molar-refractivity contribution < 1.29 is 23.9 Å². The summed E-state index contributed by atoms with van der Waals surface area (Å²) >= 11 is 0. The van der Waals surface area contributed by atoms with E-state index in [-0.39, 0.29) is 30.8 Å². The first kappa shape index (κ1) is 13.5. The smallest absolute Gasteiger partial charge is 0.257 e. The van der Waals surface area contributed by atoms with Crippen LogP contribution < -0.4 is 5.32 Å². The van der Waals surface area contributed by atoms with Gasteiger partial charge in [0.15, 0.2) is 0 Å². The van der Waals surface area contributed by atoms with Crippen molar-refractivity contribution in [3.05, 3.63) is 17.0 Å². The lowest BCUT2D eigenvalue weighted by Gasteiger charge is -2.17. The molecule has 0 bridgehead atoms. The molecule has 7 nitrogen and oxygen atoms in total. The van der Waals surface area contributed by atoms with Gasteiger partial charge >= 0.3 is 0 Å². The second-order valence-electron chi connectivity index (χ2n) is 5.16. The Morgan fingerprint density at radius 3 is 2.90 bits per heavy atom. The Morgan fingerprint density at radius 2 is 2.15 bits per heavy atom. The molecular weight excluding hydrogens is 264 g/mol. The molecule has 1 aromatic heterocycles. The number of aliphatic hydroxyl groups excluding tert-OH is 1. The van der Waals surface area contributed by atoms with Gasteiger partial charge in [-0.3, -0.25) is 4.79 Å². The van der Waals surface area contributed by atoms with Crippen LogP contribution in [0.2, 0.25) is 0 Å². The van der Waals surface area contributed by atoms with E-state index in [0.29, 0.717) is 30.0 Å². The zero-order chi connectivity index (χ0) is 14.3. The summed E-state index contributed by atoms with van der Waals surface area (Å²) in [6.45, 7) is 4.21. The number of aliphatic hydroxyl groups is 1. The summed E-state index contributed by atoms with van der Waals surface area (Å²) in [6, 6.07) is -0.261. The minimum Gasteiger partial charge on any atom is -0.388 e. The van der Waals surface area contributed by atoms with Crippen molar-refractivity contribution in [3.8, 4) is 0 Å². The summed E-state index contributed by atoms with van der Waals surface area (Å²) < 4.78 is 16.0. The molecule has 2 N–H and O–H groups in total. The maximum atomic E-state index is 12.3. The number of ether oxygens (including phenoxy) is 2. The molecule has 0 radical (unpaired) electrons. The van der Waals surface area contributed by atoms with Crippen molar-refractivity contribution in [1.82, 2.24) is 10.5 Å². The molecule has 4 atom stereocenters. The number of hydrogen-bond donors (Lipinski definition) is 2. The average molecular weight is 282 g/mol. The molecular formula is C13H18N2O5. The Balaban J connectivity index is 1.72. The first-order valence-electron chi connectivity index (χ1n) is 6.79. The molecule has 110 valence electrons. The number of carbonyl (C=O) groups is 1. The van der Waals surface area contributed by atoms with Gasteiger partial charge in [-0.25, -0.2) is 0 Å². The molecule has 3 rings (SSSR count). The molecule has 2 aliphatic rings. The second kappa shape index (κ2) is 5.16. The van der Waals surface area contributed by atoms with Crippen LogP contribution in [0.3, 0.4) is 0 Å². The average Bonchev–Trinajstić information content (AvgIpc) is 3.08. The van der Waals surface area contributed by atoms with Crippen LogP contribution >= 0.6 is 0 Å². The topological polar surface area (TPSA) is 93.8 Å². The van der Waals surface area contributed by atoms with Gasteiger partial charge in [0.1, 0.15) is 29.6 Å². The summed E-state index contributed by atoms with van der Waals surface area (Å²) in [7, 11) is 0. The Labute approximate surface area is 116 Å². The van der Waals surface area contributed by atoms with Gasteiger partial charge in [-0.2, -0.15) is 0 Å². The molecule has 0 aromatic carbocycles. The molecule has 0 saturated carbocycles. The Bertz CT molecular complexity index is 515. The lowest BCUT2D eigenvalue weighted by atomic mass is 10.1. The van der Waals surface area contributed by atoms with Gasteiger partial charge in [0.25, 0.3) is 5.91 Å². The normalized spacial score (nSPS) is 32.4. The van der Waals surface area contributed by atoms with Gasteiger partial charge in [-0.1, -0.05) is 12.1 Å². The summed E-state index contributed by atoms with van der Waals surface area (Å²) in [5.74, 6) is 0.266. The zero-order valence-electron chi connectivity index (χ0n) is 11.5. The fourth-order valence-corrected chi connectivity index (χ4v) is 2.79. The summed E-state index contributed by atoms with van der Waals surface area (Å²) in [6.07, 6.45) is -0.637. The van der Waals surface area contributed by atoms with Crippen LogP contribution in [0.15, 0.2) is 4.52 Å². The second-order valence-corrected chi connectivity index (χ2v) is 5.16. The molecule has 3 heterocycles. The van der Waals surface area contributed by atoms with Crippen molar-refractivity contribution in [2.24, 2.45) is 0 Å². The Morgan fingerprint density at radius 1 is 1.40 bits per heavy atom. The number of aromatic nitrogens is 1. The fourth-order valence-electron chi connectivity index (χ4n) is 2.79. The number of amides is 1. The first-order valence-corrected chi connectivity index (χ1v) is 6.79. The van der Waals surface area contributed by atoms with E-state index < -0.39 is 6.10 Å². The van der Waals surface area contributed by atoms with Crippen LogP contribution in [0.4, 0.5) is 0 Å². The monoisotopic (exact) mass is 282 g/mol. The molecule has 7 heteroatoms. The third-order valence-corrected chi connectivity index (χ3v) is 3.84. The number of hydrogen-bond acceptors (Lipinski definition) is 6. The molecule has 2 saturated heterocycles.